The number of halogens is 3. The first-order valence-electron chi connectivity index (χ1n) is 9.22. The first-order valence-corrected chi connectivity index (χ1v) is 10.4. The van der Waals surface area contributed by atoms with Crippen molar-refractivity contribution in [2.75, 3.05) is 6.54 Å². The third-order valence-corrected chi connectivity index (χ3v) is 6.22. The van der Waals surface area contributed by atoms with Crippen LogP contribution in [0.3, 0.4) is 0 Å². The van der Waals surface area contributed by atoms with Crippen LogP contribution in [-0.4, -0.2) is 31.8 Å². The van der Waals surface area contributed by atoms with Gasteiger partial charge in [-0.15, -0.1) is 11.3 Å². The fraction of sp³-hybridized carbons (Fsp3) is 0.250. The van der Waals surface area contributed by atoms with Crippen molar-refractivity contribution < 1.29 is 13.6 Å². The van der Waals surface area contributed by atoms with Crippen molar-refractivity contribution in [1.29, 1.82) is 0 Å². The Kier molecular flexibility index (Phi) is 5.83. The summed E-state index contributed by atoms with van der Waals surface area (Å²) in [7, 11) is 0. The number of thiophene rings is 1. The Hall–Kier alpha value is -2.78. The molecular formula is C20H18ClF2N5OS. The fourth-order valence-electron chi connectivity index (χ4n) is 3.21. The molecule has 6 nitrogen and oxygen atoms in total. The van der Waals surface area contributed by atoms with Gasteiger partial charge in [0.2, 0.25) is 0 Å². The van der Waals surface area contributed by atoms with Crippen LogP contribution in [0.25, 0.3) is 10.2 Å². The molecule has 0 spiro atoms. The highest BCUT2D eigenvalue weighted by Crippen LogP contribution is 2.29. The Morgan fingerprint density at radius 3 is 2.90 bits per heavy atom. The van der Waals surface area contributed by atoms with E-state index < -0.39 is 6.55 Å². The summed E-state index contributed by atoms with van der Waals surface area (Å²) in [6, 6.07) is 9.37. The number of alkyl halides is 2. The van der Waals surface area contributed by atoms with Crippen molar-refractivity contribution >= 4 is 39.1 Å². The second-order valence-electron chi connectivity index (χ2n) is 6.70. The van der Waals surface area contributed by atoms with E-state index in [1.165, 1.54) is 23.7 Å². The molecule has 0 radical (unpaired) electrons. The summed E-state index contributed by atoms with van der Waals surface area (Å²) < 4.78 is 28.4. The number of benzene rings is 1. The molecule has 0 saturated carbocycles. The van der Waals surface area contributed by atoms with Gasteiger partial charge in [-0.1, -0.05) is 29.8 Å². The monoisotopic (exact) mass is 449 g/mol. The van der Waals surface area contributed by atoms with E-state index in [9.17, 15) is 13.6 Å². The van der Waals surface area contributed by atoms with Crippen molar-refractivity contribution in [3.63, 3.8) is 0 Å². The molecule has 4 aromatic rings. The van der Waals surface area contributed by atoms with E-state index in [4.69, 9.17) is 11.6 Å². The van der Waals surface area contributed by atoms with Crippen LogP contribution in [0.5, 0.6) is 0 Å². The van der Waals surface area contributed by atoms with Crippen molar-refractivity contribution in [2.45, 2.75) is 26.4 Å². The lowest BCUT2D eigenvalue weighted by Gasteiger charge is -2.07. The number of nitrogens with zero attached hydrogens (tertiary/aromatic N) is 4. The number of carbonyl (C=O) groups is 1. The summed E-state index contributed by atoms with van der Waals surface area (Å²) in [5, 5.41) is 8.91. The smallest absolute Gasteiger partial charge is 0.319 e. The SMILES string of the molecule is Cc1nn(Cc2ccccc2Cl)c2sc(C(=O)NCCc3nccn3C(F)F)cc12. The van der Waals surface area contributed by atoms with Crippen LogP contribution >= 0.6 is 22.9 Å². The van der Waals surface area contributed by atoms with Crippen LogP contribution in [0.15, 0.2) is 42.7 Å². The van der Waals surface area contributed by atoms with Gasteiger partial charge in [0.25, 0.3) is 5.91 Å². The highest BCUT2D eigenvalue weighted by atomic mass is 35.5. The number of imidazole rings is 1. The van der Waals surface area contributed by atoms with E-state index in [2.05, 4.69) is 15.4 Å². The highest BCUT2D eigenvalue weighted by Gasteiger charge is 2.17. The van der Waals surface area contributed by atoms with Crippen molar-refractivity contribution in [3.05, 3.63) is 69.7 Å². The highest BCUT2D eigenvalue weighted by molar-refractivity contribution is 7.20. The first kappa shape index (κ1) is 20.5. The van der Waals surface area contributed by atoms with E-state index >= 15 is 0 Å². The molecule has 30 heavy (non-hydrogen) atoms. The Morgan fingerprint density at radius 2 is 2.13 bits per heavy atom. The molecule has 0 aliphatic carbocycles. The second kappa shape index (κ2) is 8.53. The van der Waals surface area contributed by atoms with Gasteiger partial charge in [-0.25, -0.2) is 4.98 Å². The molecule has 4 rings (SSSR count). The van der Waals surface area contributed by atoms with E-state index in [0.717, 1.165) is 26.0 Å². The van der Waals surface area contributed by atoms with Gasteiger partial charge in [-0.3, -0.25) is 14.0 Å². The van der Waals surface area contributed by atoms with Crippen LogP contribution in [0.4, 0.5) is 8.78 Å². The normalized spacial score (nSPS) is 11.5. The standard InChI is InChI=1S/C20H18ClF2N5OS/c1-12-14-10-16(18(29)25-7-6-17-24-8-9-27(17)20(22)23)30-19(14)28(26-12)11-13-4-2-3-5-15(13)21/h2-5,8-10,20H,6-7,11H2,1H3,(H,25,29). The summed E-state index contributed by atoms with van der Waals surface area (Å²) in [5.41, 5.74) is 1.77. The van der Waals surface area contributed by atoms with Crippen molar-refractivity contribution in [3.8, 4) is 0 Å². The topological polar surface area (TPSA) is 64.7 Å². The quantitative estimate of drug-likeness (QED) is 0.446. The van der Waals surface area contributed by atoms with Gasteiger partial charge in [-0.05, 0) is 24.6 Å². The number of hydrogen-bond acceptors (Lipinski definition) is 4. The minimum atomic E-state index is -2.65. The lowest BCUT2D eigenvalue weighted by atomic mass is 10.2. The van der Waals surface area contributed by atoms with Gasteiger partial charge >= 0.3 is 6.55 Å². The van der Waals surface area contributed by atoms with E-state index in [0.29, 0.717) is 16.4 Å². The van der Waals surface area contributed by atoms with Gasteiger partial charge in [-0.2, -0.15) is 13.9 Å². The molecule has 3 aromatic heterocycles. The molecule has 0 aliphatic rings. The Morgan fingerprint density at radius 1 is 1.33 bits per heavy atom. The Bertz CT molecular complexity index is 1200. The zero-order valence-corrected chi connectivity index (χ0v) is 17.6. The third kappa shape index (κ3) is 4.08. The maximum absolute atomic E-state index is 12.9. The molecule has 0 unspecified atom stereocenters. The van der Waals surface area contributed by atoms with Gasteiger partial charge in [0, 0.05) is 35.8 Å². The first-order chi connectivity index (χ1) is 14.4. The second-order valence-corrected chi connectivity index (χ2v) is 8.14. The average molecular weight is 450 g/mol. The van der Waals surface area contributed by atoms with E-state index in [1.54, 1.807) is 6.07 Å². The predicted molar refractivity (Wildman–Crippen MR) is 112 cm³/mol. The maximum atomic E-state index is 12.9. The fourth-order valence-corrected chi connectivity index (χ4v) is 4.48. The zero-order chi connectivity index (χ0) is 21.3. The number of carbonyl (C=O) groups excluding carboxylic acids is 1. The van der Waals surface area contributed by atoms with Crippen LogP contribution in [0, 0.1) is 6.92 Å². The summed E-state index contributed by atoms with van der Waals surface area (Å²) in [4.78, 5) is 17.9. The van der Waals surface area contributed by atoms with Gasteiger partial charge in [0.15, 0.2) is 0 Å². The number of amides is 1. The Balaban J connectivity index is 1.47. The molecule has 3 heterocycles. The van der Waals surface area contributed by atoms with Crippen LogP contribution in [0.2, 0.25) is 5.02 Å². The molecule has 10 heteroatoms. The molecule has 0 fully saturated rings. The van der Waals surface area contributed by atoms with Gasteiger partial charge < -0.3 is 5.32 Å². The third-order valence-electron chi connectivity index (χ3n) is 4.70. The van der Waals surface area contributed by atoms with E-state index in [-0.39, 0.29) is 24.7 Å². The molecule has 1 aromatic carbocycles. The number of rotatable bonds is 7. The lowest BCUT2D eigenvalue weighted by Crippen LogP contribution is -2.25. The molecule has 0 aliphatic heterocycles. The summed E-state index contributed by atoms with van der Waals surface area (Å²) in [6.45, 7) is -0.0437. The van der Waals surface area contributed by atoms with Crippen molar-refractivity contribution in [2.24, 2.45) is 0 Å². The summed E-state index contributed by atoms with van der Waals surface area (Å²) in [5.74, 6) is -0.0251. The number of nitrogens with one attached hydrogen (secondary N) is 1. The average Bonchev–Trinajstić information content (AvgIpc) is 3.41. The number of aromatic nitrogens is 4. The van der Waals surface area contributed by atoms with Gasteiger partial charge in [0.1, 0.15) is 10.7 Å². The lowest BCUT2D eigenvalue weighted by molar-refractivity contribution is 0.0670. The zero-order valence-electron chi connectivity index (χ0n) is 16.0. The summed E-state index contributed by atoms with van der Waals surface area (Å²) >= 11 is 7.60. The number of hydrogen-bond donors (Lipinski definition) is 1. The van der Waals surface area contributed by atoms with Crippen LogP contribution in [0.1, 0.15) is 33.3 Å². The molecular weight excluding hydrogens is 432 g/mol. The number of aryl methyl sites for hydroxylation is 1. The maximum Gasteiger partial charge on any atom is 0.319 e. The minimum absolute atomic E-state index is 0.210. The van der Waals surface area contributed by atoms with E-state index in [1.807, 2.05) is 35.9 Å². The molecule has 0 atom stereocenters. The minimum Gasteiger partial charge on any atom is -0.351 e. The molecule has 156 valence electrons. The van der Waals surface area contributed by atoms with Gasteiger partial charge in [0.05, 0.1) is 17.1 Å². The van der Waals surface area contributed by atoms with Crippen LogP contribution in [-0.2, 0) is 13.0 Å². The molecule has 0 saturated heterocycles. The molecule has 1 amide bonds. The summed E-state index contributed by atoms with van der Waals surface area (Å²) in [6.07, 6.45) is 2.76. The van der Waals surface area contributed by atoms with Crippen LogP contribution < -0.4 is 5.32 Å². The van der Waals surface area contributed by atoms with Crippen molar-refractivity contribution in [1.82, 2.24) is 24.6 Å². The number of fused-ring (bicyclic) bond motifs is 1. The molecule has 0 bridgehead atoms. The predicted octanol–water partition coefficient (Wildman–Crippen LogP) is 4.67. The molecule has 1 N–H and O–H groups in total. The largest absolute Gasteiger partial charge is 0.351 e. The Labute approximate surface area is 180 Å².